The third-order valence-corrected chi connectivity index (χ3v) is 5.74. The van der Waals surface area contributed by atoms with Gasteiger partial charge in [-0.3, -0.25) is 4.79 Å². The lowest BCUT2D eigenvalue weighted by Gasteiger charge is -2.24. The Morgan fingerprint density at radius 2 is 1.96 bits per heavy atom. The van der Waals surface area contributed by atoms with Crippen molar-refractivity contribution in [1.82, 2.24) is 0 Å². The highest BCUT2D eigenvalue weighted by Gasteiger charge is 2.30. The molecule has 0 fully saturated rings. The fourth-order valence-electron chi connectivity index (χ4n) is 3.22. The highest BCUT2D eigenvalue weighted by atomic mass is 35.5. The molecule has 1 N–H and O–H groups in total. The molecule has 1 atom stereocenters. The molecule has 2 heterocycles. The second kappa shape index (κ2) is 6.08. The van der Waals surface area contributed by atoms with Crippen molar-refractivity contribution in [2.45, 2.75) is 19.3 Å². The van der Waals surface area contributed by atoms with Gasteiger partial charge in [-0.1, -0.05) is 53.6 Å². The predicted octanol–water partition coefficient (Wildman–Crippen LogP) is 5.85. The number of thiophene rings is 1. The van der Waals surface area contributed by atoms with E-state index >= 15 is 0 Å². The maximum absolute atomic E-state index is 12.3. The molecule has 1 aromatic heterocycles. The minimum Gasteiger partial charge on any atom is -0.325 e. The number of carbonyl (C=O) groups excluding carboxylic acids is 1. The van der Waals surface area contributed by atoms with Crippen LogP contribution in [0.25, 0.3) is 11.1 Å². The molecule has 1 unspecified atom stereocenters. The summed E-state index contributed by atoms with van der Waals surface area (Å²) in [5, 5.41) is 5.91. The summed E-state index contributed by atoms with van der Waals surface area (Å²) in [7, 11) is 0. The van der Waals surface area contributed by atoms with E-state index in [0.717, 1.165) is 16.8 Å². The van der Waals surface area contributed by atoms with E-state index in [0.29, 0.717) is 11.4 Å². The van der Waals surface area contributed by atoms with Crippen LogP contribution < -0.4 is 5.32 Å². The van der Waals surface area contributed by atoms with Gasteiger partial charge in [-0.2, -0.15) is 0 Å². The second-order valence-corrected chi connectivity index (χ2v) is 7.46. The molecule has 2 aromatic carbocycles. The van der Waals surface area contributed by atoms with Gasteiger partial charge in [0.05, 0.1) is 5.69 Å². The summed E-state index contributed by atoms with van der Waals surface area (Å²) in [4.78, 5) is 13.5. The highest BCUT2D eigenvalue weighted by Crippen LogP contribution is 2.46. The fourth-order valence-corrected chi connectivity index (χ4v) is 4.51. The number of hydrogen-bond acceptors (Lipinski definition) is 2. The zero-order chi connectivity index (χ0) is 16.7. The van der Waals surface area contributed by atoms with Crippen LogP contribution in [0.2, 0.25) is 5.02 Å². The number of hydrogen-bond donors (Lipinski definition) is 1. The van der Waals surface area contributed by atoms with Crippen molar-refractivity contribution in [3.63, 3.8) is 0 Å². The van der Waals surface area contributed by atoms with Crippen molar-refractivity contribution >= 4 is 34.5 Å². The van der Waals surface area contributed by atoms with Gasteiger partial charge >= 0.3 is 0 Å². The zero-order valence-corrected chi connectivity index (χ0v) is 14.7. The van der Waals surface area contributed by atoms with E-state index in [-0.39, 0.29) is 11.8 Å². The smallest absolute Gasteiger partial charge is 0.225 e. The molecule has 4 heteroatoms. The number of anilines is 1. The van der Waals surface area contributed by atoms with Gasteiger partial charge in [-0.15, -0.1) is 11.3 Å². The minimum atomic E-state index is 0.0719. The Labute approximate surface area is 150 Å². The van der Waals surface area contributed by atoms with Gasteiger partial charge in [0, 0.05) is 33.2 Å². The van der Waals surface area contributed by atoms with E-state index in [2.05, 4.69) is 41.9 Å². The molecule has 120 valence electrons. The normalized spacial score (nSPS) is 16.6. The van der Waals surface area contributed by atoms with Crippen molar-refractivity contribution in [2.24, 2.45) is 0 Å². The maximum Gasteiger partial charge on any atom is 0.225 e. The number of amides is 1. The van der Waals surface area contributed by atoms with Gasteiger partial charge in [0.15, 0.2) is 0 Å². The Hall–Kier alpha value is -2.10. The molecule has 0 aliphatic carbocycles. The predicted molar refractivity (Wildman–Crippen MR) is 101 cm³/mol. The average molecular weight is 354 g/mol. The maximum atomic E-state index is 12.3. The summed E-state index contributed by atoms with van der Waals surface area (Å²) in [5.74, 6) is 0.197. The van der Waals surface area contributed by atoms with Gasteiger partial charge in [-0.05, 0) is 30.2 Å². The third-order valence-electron chi connectivity index (χ3n) is 4.39. The second-order valence-electron chi connectivity index (χ2n) is 6.11. The number of nitrogens with one attached hydrogen (secondary N) is 1. The lowest BCUT2D eigenvalue weighted by atomic mass is 9.88. The molecule has 4 rings (SSSR count). The Morgan fingerprint density at radius 1 is 1.17 bits per heavy atom. The number of carbonyl (C=O) groups is 1. The lowest BCUT2D eigenvalue weighted by Crippen LogP contribution is -2.22. The molecule has 1 aliphatic heterocycles. The molecule has 1 aliphatic rings. The van der Waals surface area contributed by atoms with Gasteiger partial charge < -0.3 is 5.32 Å². The van der Waals surface area contributed by atoms with E-state index in [1.165, 1.54) is 16.0 Å². The standard InChI is InChI=1S/C20H16ClNOS/c1-12-3-2-4-14(9-12)16-10-18(23)22-19-17(11-24-20(16)19)13-5-7-15(21)8-6-13/h2-9,11,16H,10H2,1H3,(H,22,23). The quantitative estimate of drug-likeness (QED) is 0.615. The van der Waals surface area contributed by atoms with Gasteiger partial charge in [-0.25, -0.2) is 0 Å². The highest BCUT2D eigenvalue weighted by molar-refractivity contribution is 7.11. The zero-order valence-electron chi connectivity index (χ0n) is 13.2. The first-order valence-electron chi connectivity index (χ1n) is 7.85. The molecule has 24 heavy (non-hydrogen) atoms. The Balaban J connectivity index is 1.81. The first kappa shape index (κ1) is 15.4. The van der Waals surface area contributed by atoms with Crippen LogP contribution in [0, 0.1) is 6.92 Å². The monoisotopic (exact) mass is 353 g/mol. The van der Waals surface area contributed by atoms with Crippen LogP contribution in [0.1, 0.15) is 28.3 Å². The number of rotatable bonds is 2. The minimum absolute atomic E-state index is 0.0719. The molecular weight excluding hydrogens is 338 g/mol. The van der Waals surface area contributed by atoms with Crippen molar-refractivity contribution in [3.8, 4) is 11.1 Å². The number of aryl methyl sites for hydroxylation is 1. The number of fused-ring (bicyclic) bond motifs is 1. The lowest BCUT2D eigenvalue weighted by molar-refractivity contribution is -0.116. The van der Waals surface area contributed by atoms with Crippen LogP contribution in [-0.4, -0.2) is 5.91 Å². The number of benzene rings is 2. The summed E-state index contributed by atoms with van der Waals surface area (Å²) in [6, 6.07) is 16.2. The number of halogens is 1. The third kappa shape index (κ3) is 2.74. The van der Waals surface area contributed by atoms with Crippen LogP contribution >= 0.6 is 22.9 Å². The van der Waals surface area contributed by atoms with Crippen molar-refractivity contribution in [3.05, 3.63) is 74.9 Å². The van der Waals surface area contributed by atoms with E-state index in [4.69, 9.17) is 11.6 Å². The van der Waals surface area contributed by atoms with E-state index < -0.39 is 0 Å². The Morgan fingerprint density at radius 3 is 2.71 bits per heavy atom. The van der Waals surface area contributed by atoms with Gasteiger partial charge in [0.25, 0.3) is 0 Å². The van der Waals surface area contributed by atoms with Gasteiger partial charge in [0.1, 0.15) is 0 Å². The van der Waals surface area contributed by atoms with Crippen LogP contribution in [0.5, 0.6) is 0 Å². The topological polar surface area (TPSA) is 29.1 Å². The molecule has 3 aromatic rings. The summed E-state index contributed by atoms with van der Waals surface area (Å²) in [6.45, 7) is 2.08. The molecule has 0 spiro atoms. The van der Waals surface area contributed by atoms with Crippen LogP contribution in [0.15, 0.2) is 53.9 Å². The van der Waals surface area contributed by atoms with Crippen LogP contribution in [0.3, 0.4) is 0 Å². The summed E-state index contributed by atoms with van der Waals surface area (Å²) >= 11 is 7.70. The Bertz CT molecular complexity index is 914. The summed E-state index contributed by atoms with van der Waals surface area (Å²) < 4.78 is 0. The van der Waals surface area contributed by atoms with Crippen LogP contribution in [0.4, 0.5) is 5.69 Å². The summed E-state index contributed by atoms with van der Waals surface area (Å²) in [6.07, 6.45) is 0.497. The molecular formula is C20H16ClNOS. The first-order valence-corrected chi connectivity index (χ1v) is 9.11. The Kier molecular flexibility index (Phi) is 3.91. The van der Waals surface area contributed by atoms with E-state index in [9.17, 15) is 4.79 Å². The molecule has 0 bridgehead atoms. The van der Waals surface area contributed by atoms with Crippen molar-refractivity contribution in [2.75, 3.05) is 5.32 Å². The van der Waals surface area contributed by atoms with Crippen molar-refractivity contribution < 1.29 is 4.79 Å². The molecule has 2 nitrogen and oxygen atoms in total. The van der Waals surface area contributed by atoms with E-state index in [1.54, 1.807) is 11.3 Å². The largest absolute Gasteiger partial charge is 0.325 e. The SMILES string of the molecule is Cc1cccc(C2CC(=O)Nc3c(-c4ccc(Cl)cc4)csc32)c1. The molecule has 0 saturated heterocycles. The molecule has 1 amide bonds. The summed E-state index contributed by atoms with van der Waals surface area (Å²) in [5.41, 5.74) is 5.51. The average Bonchev–Trinajstić information content (AvgIpc) is 2.98. The van der Waals surface area contributed by atoms with Crippen molar-refractivity contribution in [1.29, 1.82) is 0 Å². The first-order chi connectivity index (χ1) is 11.6. The molecule has 0 radical (unpaired) electrons. The van der Waals surface area contributed by atoms with Gasteiger partial charge in [0.2, 0.25) is 5.91 Å². The van der Waals surface area contributed by atoms with Crippen LogP contribution in [-0.2, 0) is 4.79 Å². The fraction of sp³-hybridized carbons (Fsp3) is 0.150. The van der Waals surface area contributed by atoms with E-state index in [1.807, 2.05) is 24.3 Å². The molecule has 0 saturated carbocycles.